The molecule has 0 aliphatic rings. The predicted octanol–water partition coefficient (Wildman–Crippen LogP) is 3.91. The van der Waals surface area contributed by atoms with E-state index in [4.69, 9.17) is 11.6 Å². The molecule has 0 saturated heterocycles. The topological polar surface area (TPSA) is 46.4 Å². The molecule has 0 amide bonds. The summed E-state index contributed by atoms with van der Waals surface area (Å²) >= 11 is 6.07. The molecule has 103 valence electrons. The molecule has 2 aromatic carbocycles. The molecule has 4 nitrogen and oxygen atoms in total. The van der Waals surface area contributed by atoms with E-state index in [1.165, 1.54) is 12.1 Å². The van der Waals surface area contributed by atoms with Crippen LogP contribution in [0.4, 0.5) is 11.4 Å². The highest BCUT2D eigenvalue weighted by Crippen LogP contribution is 2.26. The van der Waals surface area contributed by atoms with Crippen LogP contribution < -0.4 is 4.90 Å². The summed E-state index contributed by atoms with van der Waals surface area (Å²) in [7, 11) is 3.94. The van der Waals surface area contributed by atoms with Crippen LogP contribution in [0, 0.1) is 16.5 Å². The lowest BCUT2D eigenvalue weighted by atomic mass is 10.0. The van der Waals surface area contributed by atoms with Crippen molar-refractivity contribution in [3.8, 4) is 0 Å². The van der Waals surface area contributed by atoms with Gasteiger partial charge in [-0.25, -0.2) is 0 Å². The van der Waals surface area contributed by atoms with E-state index in [1.807, 2.05) is 49.7 Å². The van der Waals surface area contributed by atoms with Crippen molar-refractivity contribution in [1.29, 1.82) is 0 Å². The minimum atomic E-state index is -0.428. The van der Waals surface area contributed by atoms with Gasteiger partial charge in [0.15, 0.2) is 0 Å². The molecule has 0 aliphatic carbocycles. The van der Waals surface area contributed by atoms with E-state index < -0.39 is 4.92 Å². The van der Waals surface area contributed by atoms with E-state index in [1.54, 1.807) is 6.07 Å². The summed E-state index contributed by atoms with van der Waals surface area (Å²) in [5.74, 6) is 0. The fraction of sp³-hybridized carbons (Fsp3) is 0.133. The molecule has 0 bridgehead atoms. The van der Waals surface area contributed by atoms with Gasteiger partial charge in [-0.05, 0) is 29.3 Å². The van der Waals surface area contributed by atoms with Gasteiger partial charge in [0.2, 0.25) is 0 Å². The van der Waals surface area contributed by atoms with Gasteiger partial charge in [0.1, 0.15) is 0 Å². The Labute approximate surface area is 122 Å². The second-order valence-corrected chi connectivity index (χ2v) is 5.00. The summed E-state index contributed by atoms with van der Waals surface area (Å²) in [6.45, 7) is 0. The standard InChI is InChI=1S/C15H14ClN2O2/c1-17(2)13-5-3-11(4-6-13)9-12-10-14(18(19)20)7-8-15(12)16/h3-10H,1-2H3. The SMILES string of the molecule is CN(C)c1ccc([CH]c2cc([N+](=O)[O-])ccc2Cl)cc1. The van der Waals surface area contributed by atoms with E-state index in [-0.39, 0.29) is 5.69 Å². The second kappa shape index (κ2) is 5.92. The Morgan fingerprint density at radius 1 is 1.15 bits per heavy atom. The summed E-state index contributed by atoms with van der Waals surface area (Å²) in [6, 6.07) is 12.3. The number of rotatable bonds is 4. The minimum Gasteiger partial charge on any atom is -0.378 e. The Kier molecular flexibility index (Phi) is 4.25. The molecular weight excluding hydrogens is 276 g/mol. The fourth-order valence-corrected chi connectivity index (χ4v) is 1.98. The summed E-state index contributed by atoms with van der Waals surface area (Å²) < 4.78 is 0. The van der Waals surface area contributed by atoms with Crippen LogP contribution in [0.3, 0.4) is 0 Å². The van der Waals surface area contributed by atoms with Gasteiger partial charge >= 0.3 is 0 Å². The van der Waals surface area contributed by atoms with Crippen molar-refractivity contribution in [2.45, 2.75) is 0 Å². The number of non-ortho nitro benzene ring substituents is 1. The number of nitro groups is 1. The van der Waals surface area contributed by atoms with Gasteiger partial charge in [-0.2, -0.15) is 0 Å². The van der Waals surface area contributed by atoms with Gasteiger partial charge in [0, 0.05) is 43.4 Å². The summed E-state index contributed by atoms with van der Waals surface area (Å²) in [5.41, 5.74) is 2.70. The molecule has 0 spiro atoms. The lowest BCUT2D eigenvalue weighted by Gasteiger charge is -2.12. The third-order valence-corrected chi connectivity index (χ3v) is 3.27. The van der Waals surface area contributed by atoms with E-state index in [9.17, 15) is 10.1 Å². The normalized spacial score (nSPS) is 10.3. The van der Waals surface area contributed by atoms with Crippen LogP contribution >= 0.6 is 11.6 Å². The lowest BCUT2D eigenvalue weighted by molar-refractivity contribution is -0.384. The second-order valence-electron chi connectivity index (χ2n) is 4.59. The van der Waals surface area contributed by atoms with Crippen LogP contribution in [0.1, 0.15) is 11.1 Å². The highest BCUT2D eigenvalue weighted by molar-refractivity contribution is 6.31. The van der Waals surface area contributed by atoms with Crippen LogP contribution in [-0.2, 0) is 0 Å². The monoisotopic (exact) mass is 289 g/mol. The van der Waals surface area contributed by atoms with Gasteiger partial charge in [-0.1, -0.05) is 23.7 Å². The third kappa shape index (κ3) is 3.27. The van der Waals surface area contributed by atoms with E-state index in [0.29, 0.717) is 10.6 Å². The molecule has 2 rings (SSSR count). The molecule has 0 aromatic heterocycles. The first kappa shape index (κ1) is 14.3. The number of benzene rings is 2. The van der Waals surface area contributed by atoms with Crippen molar-refractivity contribution in [2.75, 3.05) is 19.0 Å². The lowest BCUT2D eigenvalue weighted by Crippen LogP contribution is -2.08. The molecule has 1 radical (unpaired) electrons. The maximum absolute atomic E-state index is 10.8. The van der Waals surface area contributed by atoms with Gasteiger partial charge in [-0.15, -0.1) is 0 Å². The van der Waals surface area contributed by atoms with Crippen LogP contribution in [0.2, 0.25) is 5.02 Å². The minimum absolute atomic E-state index is 0.0329. The maximum atomic E-state index is 10.8. The molecule has 0 heterocycles. The van der Waals surface area contributed by atoms with Crippen molar-refractivity contribution < 1.29 is 4.92 Å². The number of nitro benzene ring substituents is 1. The molecule has 0 N–H and O–H groups in total. The molecule has 0 atom stereocenters. The number of nitrogens with zero attached hydrogens (tertiary/aromatic N) is 2. The third-order valence-electron chi connectivity index (χ3n) is 2.92. The fourth-order valence-electron chi connectivity index (χ4n) is 1.80. The number of hydrogen-bond donors (Lipinski definition) is 0. The largest absolute Gasteiger partial charge is 0.378 e. The van der Waals surface area contributed by atoms with Crippen LogP contribution in [-0.4, -0.2) is 19.0 Å². The zero-order chi connectivity index (χ0) is 14.7. The Morgan fingerprint density at radius 3 is 2.35 bits per heavy atom. The molecule has 5 heteroatoms. The van der Waals surface area contributed by atoms with Crippen molar-refractivity contribution in [3.63, 3.8) is 0 Å². The number of hydrogen-bond acceptors (Lipinski definition) is 3. The van der Waals surface area contributed by atoms with Crippen molar-refractivity contribution in [1.82, 2.24) is 0 Å². The first-order valence-corrected chi connectivity index (χ1v) is 6.41. The van der Waals surface area contributed by atoms with Gasteiger partial charge < -0.3 is 4.90 Å². The van der Waals surface area contributed by atoms with Gasteiger partial charge in [-0.3, -0.25) is 10.1 Å². The highest BCUT2D eigenvalue weighted by atomic mass is 35.5. The van der Waals surface area contributed by atoms with E-state index >= 15 is 0 Å². The smallest absolute Gasteiger partial charge is 0.269 e. The Morgan fingerprint density at radius 2 is 1.80 bits per heavy atom. The zero-order valence-corrected chi connectivity index (χ0v) is 12.0. The summed E-state index contributed by atoms with van der Waals surface area (Å²) in [4.78, 5) is 12.4. The summed E-state index contributed by atoms with van der Waals surface area (Å²) in [6.07, 6.45) is 1.83. The Hall–Kier alpha value is -2.07. The van der Waals surface area contributed by atoms with Crippen molar-refractivity contribution in [2.24, 2.45) is 0 Å². The average Bonchev–Trinajstić information content (AvgIpc) is 2.41. The Balaban J connectivity index is 2.25. The van der Waals surface area contributed by atoms with Crippen molar-refractivity contribution in [3.05, 3.63) is 75.1 Å². The number of halogens is 1. The van der Waals surface area contributed by atoms with Gasteiger partial charge in [0.25, 0.3) is 5.69 Å². The maximum Gasteiger partial charge on any atom is 0.269 e. The van der Waals surface area contributed by atoms with E-state index in [0.717, 1.165) is 11.3 Å². The first-order chi connectivity index (χ1) is 9.47. The molecule has 0 aliphatic heterocycles. The molecule has 2 aromatic rings. The van der Waals surface area contributed by atoms with E-state index in [2.05, 4.69) is 0 Å². The molecular formula is C15H14ClN2O2. The molecule has 0 saturated carbocycles. The van der Waals surface area contributed by atoms with Gasteiger partial charge in [0.05, 0.1) is 4.92 Å². The predicted molar refractivity (Wildman–Crippen MR) is 81.4 cm³/mol. The highest BCUT2D eigenvalue weighted by Gasteiger charge is 2.10. The van der Waals surface area contributed by atoms with Crippen LogP contribution in [0.25, 0.3) is 0 Å². The molecule has 0 fully saturated rings. The van der Waals surface area contributed by atoms with Crippen LogP contribution in [0.5, 0.6) is 0 Å². The molecule has 0 unspecified atom stereocenters. The average molecular weight is 290 g/mol. The molecule has 20 heavy (non-hydrogen) atoms. The quantitative estimate of drug-likeness (QED) is 0.633. The Bertz CT molecular complexity index is 624. The first-order valence-electron chi connectivity index (χ1n) is 6.03. The summed E-state index contributed by atoms with van der Waals surface area (Å²) in [5, 5.41) is 11.3. The number of anilines is 1. The zero-order valence-electron chi connectivity index (χ0n) is 11.2. The van der Waals surface area contributed by atoms with Crippen molar-refractivity contribution >= 4 is 23.0 Å². The van der Waals surface area contributed by atoms with Crippen LogP contribution in [0.15, 0.2) is 42.5 Å².